The summed E-state index contributed by atoms with van der Waals surface area (Å²) < 4.78 is 5.37. The van der Waals surface area contributed by atoms with Crippen molar-refractivity contribution >= 4 is 33.9 Å². The molecule has 1 amide bonds. The molecule has 4 aliphatic rings. The van der Waals surface area contributed by atoms with Crippen LogP contribution in [0.25, 0.3) is 10.8 Å². The Bertz CT molecular complexity index is 1840. The van der Waals surface area contributed by atoms with E-state index in [2.05, 4.69) is 11.5 Å². The molecule has 208 valence electrons. The maximum atomic E-state index is 15.4. The van der Waals surface area contributed by atoms with Crippen molar-refractivity contribution in [2.24, 2.45) is 5.92 Å². The van der Waals surface area contributed by atoms with Gasteiger partial charge in [0, 0.05) is 35.0 Å². The van der Waals surface area contributed by atoms with Gasteiger partial charge < -0.3 is 9.64 Å². The summed E-state index contributed by atoms with van der Waals surface area (Å²) in [6, 6.07) is 26.4. The van der Waals surface area contributed by atoms with Crippen molar-refractivity contribution in [1.29, 1.82) is 0 Å². The number of fused-ring (bicyclic) bond motifs is 6. The van der Waals surface area contributed by atoms with Gasteiger partial charge in [0.05, 0.1) is 13.0 Å². The van der Waals surface area contributed by atoms with Crippen molar-refractivity contribution in [3.63, 3.8) is 0 Å². The third-order valence-electron chi connectivity index (χ3n) is 10.2. The Morgan fingerprint density at radius 1 is 0.976 bits per heavy atom. The van der Waals surface area contributed by atoms with E-state index in [1.54, 1.807) is 42.4 Å². The van der Waals surface area contributed by atoms with Crippen molar-refractivity contribution in [3.05, 3.63) is 120 Å². The number of hydrogen-bond acceptors (Lipinski definition) is 5. The van der Waals surface area contributed by atoms with E-state index in [0.717, 1.165) is 40.4 Å². The summed E-state index contributed by atoms with van der Waals surface area (Å²) in [6.45, 7) is 4.88. The van der Waals surface area contributed by atoms with Gasteiger partial charge in [0.25, 0.3) is 5.91 Å². The summed E-state index contributed by atoms with van der Waals surface area (Å²) >= 11 is 0. The van der Waals surface area contributed by atoms with Crippen molar-refractivity contribution in [3.8, 4) is 5.75 Å². The van der Waals surface area contributed by atoms with Crippen molar-refractivity contribution in [1.82, 2.24) is 4.90 Å². The highest BCUT2D eigenvalue weighted by atomic mass is 16.5. The summed E-state index contributed by atoms with van der Waals surface area (Å²) in [5.41, 5.74) is 0.649. The molecule has 4 aromatic carbocycles. The Morgan fingerprint density at radius 3 is 2.48 bits per heavy atom. The first kappa shape index (κ1) is 25.2. The zero-order chi connectivity index (χ0) is 28.8. The smallest absolute Gasteiger partial charge is 0.253 e. The molecule has 0 bridgehead atoms. The van der Waals surface area contributed by atoms with E-state index in [4.69, 9.17) is 4.74 Å². The molecule has 0 N–H and O–H groups in total. The minimum atomic E-state index is -1.44. The SMILES string of the molecule is C=CCN1C(=O)[C@]2(c3ccccc31)N1CCCC1[C@H](C(=O)c1ccc(OC)cc1)[C@@]21C(=O)c2cccc3cccc1c23. The van der Waals surface area contributed by atoms with Gasteiger partial charge in [-0.15, -0.1) is 6.58 Å². The third-order valence-corrected chi connectivity index (χ3v) is 10.2. The van der Waals surface area contributed by atoms with Crippen LogP contribution in [0.2, 0.25) is 0 Å². The average Bonchev–Trinajstić information content (AvgIpc) is 3.73. The maximum Gasteiger partial charge on any atom is 0.253 e. The second kappa shape index (κ2) is 8.73. The molecule has 6 heteroatoms. The van der Waals surface area contributed by atoms with Crippen molar-refractivity contribution in [2.75, 3.05) is 25.1 Å². The minimum Gasteiger partial charge on any atom is -0.497 e. The first-order chi connectivity index (χ1) is 20.5. The van der Waals surface area contributed by atoms with Gasteiger partial charge in [-0.25, -0.2) is 0 Å². The summed E-state index contributed by atoms with van der Waals surface area (Å²) in [7, 11) is 1.59. The molecule has 8 rings (SSSR count). The summed E-state index contributed by atoms with van der Waals surface area (Å²) in [4.78, 5) is 49.6. The average molecular weight is 555 g/mol. The van der Waals surface area contributed by atoms with Gasteiger partial charge in [-0.2, -0.15) is 0 Å². The van der Waals surface area contributed by atoms with Gasteiger partial charge in [-0.3, -0.25) is 19.3 Å². The Hall–Kier alpha value is -4.55. The lowest BCUT2D eigenvalue weighted by molar-refractivity contribution is -0.131. The Labute approximate surface area is 244 Å². The monoisotopic (exact) mass is 554 g/mol. The number of nitrogens with zero attached hydrogens (tertiary/aromatic N) is 2. The number of anilines is 1. The molecule has 1 aliphatic carbocycles. The van der Waals surface area contributed by atoms with Gasteiger partial charge >= 0.3 is 0 Å². The molecule has 2 saturated heterocycles. The van der Waals surface area contributed by atoms with E-state index in [9.17, 15) is 4.79 Å². The quantitative estimate of drug-likeness (QED) is 0.234. The zero-order valence-electron chi connectivity index (χ0n) is 23.4. The number of ketones is 2. The summed E-state index contributed by atoms with van der Waals surface area (Å²) in [6.07, 6.45) is 3.30. The summed E-state index contributed by atoms with van der Waals surface area (Å²) in [5, 5.41) is 1.79. The van der Waals surface area contributed by atoms with Crippen LogP contribution < -0.4 is 9.64 Å². The largest absolute Gasteiger partial charge is 0.497 e. The van der Waals surface area contributed by atoms with Crippen LogP contribution in [-0.4, -0.2) is 48.6 Å². The topological polar surface area (TPSA) is 66.9 Å². The van der Waals surface area contributed by atoms with E-state index in [1.165, 1.54) is 0 Å². The van der Waals surface area contributed by atoms with Crippen LogP contribution in [0, 0.1) is 5.92 Å². The molecule has 3 heterocycles. The lowest BCUT2D eigenvalue weighted by atomic mass is 9.56. The van der Waals surface area contributed by atoms with Gasteiger partial charge in [0.15, 0.2) is 11.6 Å². The fraction of sp³-hybridized carbons (Fsp3) is 0.250. The number of carbonyl (C=O) groups excluding carboxylic acids is 3. The highest BCUT2D eigenvalue weighted by molar-refractivity contribution is 6.28. The molecule has 42 heavy (non-hydrogen) atoms. The maximum absolute atomic E-state index is 15.4. The third kappa shape index (κ3) is 2.72. The second-order valence-corrected chi connectivity index (χ2v) is 11.8. The van der Waals surface area contributed by atoms with Crippen LogP contribution in [0.3, 0.4) is 0 Å². The lowest BCUT2D eigenvalue weighted by Gasteiger charge is -2.45. The van der Waals surface area contributed by atoms with E-state index in [0.29, 0.717) is 30.0 Å². The standard InChI is InChI=1S/C36H30N2O4/c1-3-20-37-28-14-5-4-12-26(28)36(34(37)41)35(27-13-7-10-22-9-6-11-25(30(22)27)33(35)40)31(29-15-8-21-38(29)36)32(39)23-16-18-24(42-2)19-17-23/h3-7,9-14,16-19,29,31H,1,8,15,20-21H2,2H3/t29?,31-,35+,36+/m1/s1. The Morgan fingerprint density at radius 2 is 1.71 bits per heavy atom. The van der Waals surface area contributed by atoms with Crippen molar-refractivity contribution < 1.29 is 19.1 Å². The number of amides is 1. The van der Waals surface area contributed by atoms with Crippen LogP contribution in [0.15, 0.2) is 97.6 Å². The van der Waals surface area contributed by atoms with E-state index < -0.39 is 16.9 Å². The van der Waals surface area contributed by atoms with Crippen LogP contribution in [-0.2, 0) is 15.7 Å². The molecular formula is C36H30N2O4. The fourth-order valence-corrected chi connectivity index (χ4v) is 8.87. The van der Waals surface area contributed by atoms with Gasteiger partial charge in [-0.1, -0.05) is 60.7 Å². The molecule has 0 aromatic heterocycles. The number of Topliss-reactive ketones (excluding diaryl/α,β-unsaturated/α-hetero) is 2. The fourth-order valence-electron chi connectivity index (χ4n) is 8.87. The van der Waals surface area contributed by atoms with Gasteiger partial charge in [0.2, 0.25) is 0 Å². The number of carbonyl (C=O) groups is 3. The predicted octanol–water partition coefficient (Wildman–Crippen LogP) is 5.69. The summed E-state index contributed by atoms with van der Waals surface area (Å²) in [5.74, 6) is -0.518. The first-order valence-corrected chi connectivity index (χ1v) is 14.6. The van der Waals surface area contributed by atoms with Crippen molar-refractivity contribution in [2.45, 2.75) is 29.8 Å². The van der Waals surface area contributed by atoms with Gasteiger partial charge in [-0.05, 0) is 66.1 Å². The number of methoxy groups -OCH3 is 1. The lowest BCUT2D eigenvalue weighted by Crippen LogP contribution is -2.63. The molecule has 0 radical (unpaired) electrons. The molecule has 2 spiro atoms. The van der Waals surface area contributed by atoms with E-state index >= 15 is 9.59 Å². The Balaban J connectivity index is 1.50. The van der Waals surface area contributed by atoms with E-state index in [1.807, 2.05) is 60.7 Å². The van der Waals surface area contributed by atoms with E-state index in [-0.39, 0.29) is 23.5 Å². The molecule has 6 nitrogen and oxygen atoms in total. The van der Waals surface area contributed by atoms with Crippen LogP contribution in [0.1, 0.15) is 44.7 Å². The highest BCUT2D eigenvalue weighted by Crippen LogP contribution is 2.69. The number of ether oxygens (including phenoxy) is 1. The Kier molecular flexibility index (Phi) is 5.23. The molecule has 4 aromatic rings. The minimum absolute atomic E-state index is 0.114. The zero-order valence-corrected chi connectivity index (χ0v) is 23.4. The van der Waals surface area contributed by atoms with Crippen LogP contribution >= 0.6 is 0 Å². The molecular weight excluding hydrogens is 524 g/mol. The van der Waals surface area contributed by atoms with Crippen LogP contribution in [0.5, 0.6) is 5.75 Å². The number of benzene rings is 4. The highest BCUT2D eigenvalue weighted by Gasteiger charge is 2.81. The number of rotatable bonds is 5. The molecule has 1 unspecified atom stereocenters. The first-order valence-electron chi connectivity index (χ1n) is 14.6. The predicted molar refractivity (Wildman–Crippen MR) is 161 cm³/mol. The van der Waals surface area contributed by atoms with Crippen LogP contribution in [0.4, 0.5) is 5.69 Å². The molecule has 4 atom stereocenters. The normalized spacial score (nSPS) is 27.3. The second-order valence-electron chi connectivity index (χ2n) is 11.8. The molecule has 3 aliphatic heterocycles. The number of para-hydroxylation sites is 1. The van der Waals surface area contributed by atoms with Gasteiger partial charge in [0.1, 0.15) is 16.7 Å². The molecule has 2 fully saturated rings. The number of hydrogen-bond donors (Lipinski definition) is 0. The molecule has 0 saturated carbocycles.